The predicted molar refractivity (Wildman–Crippen MR) is 75.0 cm³/mol. The van der Waals surface area contributed by atoms with Gasteiger partial charge in [-0.3, -0.25) is 4.48 Å². The Labute approximate surface area is 122 Å². The van der Waals surface area contributed by atoms with Crippen LogP contribution in [-0.2, 0) is 0 Å². The molecule has 0 aliphatic carbocycles. The first-order valence-corrected chi connectivity index (χ1v) is 6.27. The third-order valence-electron chi connectivity index (χ3n) is 3.41. The van der Waals surface area contributed by atoms with Crippen molar-refractivity contribution in [3.63, 3.8) is 0 Å². The molecule has 0 bridgehead atoms. The molecule has 108 valence electrons. The molecule has 1 aromatic rings. The Morgan fingerprint density at radius 3 is 2.32 bits per heavy atom. The van der Waals surface area contributed by atoms with Crippen molar-refractivity contribution in [2.45, 2.75) is 13.8 Å². The maximum Gasteiger partial charge on any atom is 0.414 e. The number of benzene rings is 1. The lowest BCUT2D eigenvalue weighted by Crippen LogP contribution is -3.00. The zero-order valence-electron chi connectivity index (χ0n) is 12.3. The molecule has 0 aromatic heterocycles. The number of ether oxygens (including phenoxy) is 1. The van der Waals surface area contributed by atoms with Gasteiger partial charge in [0, 0.05) is 20.2 Å². The van der Waals surface area contributed by atoms with Crippen LogP contribution in [0.3, 0.4) is 0 Å². The number of carbonyl (C=O) groups excluding carboxylic acids is 1. The van der Waals surface area contributed by atoms with Crippen LogP contribution in [0.2, 0.25) is 0 Å². The Hall–Kier alpha value is -1.26. The van der Waals surface area contributed by atoms with Crippen molar-refractivity contribution in [1.82, 2.24) is 9.38 Å². The van der Waals surface area contributed by atoms with E-state index < -0.39 is 0 Å². The molecule has 0 unspecified atom stereocenters. The van der Waals surface area contributed by atoms with Gasteiger partial charge < -0.3 is 22.0 Å². The Morgan fingerprint density at radius 2 is 1.84 bits per heavy atom. The van der Waals surface area contributed by atoms with Crippen molar-refractivity contribution < 1.29 is 21.9 Å². The number of halogens is 1. The lowest BCUT2D eigenvalue weighted by Gasteiger charge is -2.31. The molecule has 0 saturated heterocycles. The minimum absolute atomic E-state index is 0. The maximum atomic E-state index is 11.5. The molecule has 0 saturated carbocycles. The Morgan fingerprint density at radius 1 is 1.26 bits per heavy atom. The summed E-state index contributed by atoms with van der Waals surface area (Å²) >= 11 is 0. The van der Waals surface area contributed by atoms with E-state index in [4.69, 9.17) is 4.74 Å². The molecule has 0 spiro atoms. The van der Waals surface area contributed by atoms with Crippen molar-refractivity contribution in [1.29, 1.82) is 0 Å². The van der Waals surface area contributed by atoms with Crippen LogP contribution in [0.5, 0.6) is 5.75 Å². The van der Waals surface area contributed by atoms with Crippen LogP contribution >= 0.6 is 0 Å². The molecular formula is C14H23ClN2O2. The summed E-state index contributed by atoms with van der Waals surface area (Å²) in [6.07, 6.45) is -0.352. The molecule has 0 N–H and O–H groups in total. The zero-order chi connectivity index (χ0) is 13.8. The number of hydrogen-bond acceptors (Lipinski definition) is 2. The average molecular weight is 287 g/mol. The Balaban J connectivity index is 0.00000324. The van der Waals surface area contributed by atoms with Crippen molar-refractivity contribution >= 4 is 11.8 Å². The summed E-state index contributed by atoms with van der Waals surface area (Å²) in [5, 5.41) is 0. The highest BCUT2D eigenvalue weighted by Crippen LogP contribution is 2.25. The fourth-order valence-corrected chi connectivity index (χ4v) is 1.66. The van der Waals surface area contributed by atoms with E-state index >= 15 is 0 Å². The largest absolute Gasteiger partial charge is 1.00 e. The second-order valence-electron chi connectivity index (χ2n) is 4.79. The van der Waals surface area contributed by atoms with Gasteiger partial charge in [-0.15, -0.1) is 0 Å². The van der Waals surface area contributed by atoms with Crippen LogP contribution in [0.4, 0.5) is 10.5 Å². The quantitative estimate of drug-likeness (QED) is 0.713. The highest BCUT2D eigenvalue weighted by molar-refractivity contribution is 5.70. The lowest BCUT2D eigenvalue weighted by atomic mass is 10.2. The predicted octanol–water partition coefficient (Wildman–Crippen LogP) is -0.272. The summed E-state index contributed by atoms with van der Waals surface area (Å²) in [5.41, 5.74) is 1.16. The molecule has 1 aromatic carbocycles. The van der Waals surface area contributed by atoms with E-state index in [1.807, 2.05) is 12.1 Å². The first-order valence-electron chi connectivity index (χ1n) is 6.27. The number of nitrogens with zero attached hydrogens (tertiary/aromatic N) is 2. The van der Waals surface area contributed by atoms with E-state index in [0.717, 1.165) is 23.3 Å². The number of rotatable bonds is 4. The third kappa shape index (κ3) is 4.40. The molecule has 4 nitrogen and oxygen atoms in total. The lowest BCUT2D eigenvalue weighted by molar-refractivity contribution is -0.00000905. The molecule has 0 atom stereocenters. The van der Waals surface area contributed by atoms with Crippen LogP contribution in [0.1, 0.15) is 13.8 Å². The molecule has 1 amide bonds. The van der Waals surface area contributed by atoms with Crippen LogP contribution in [0.15, 0.2) is 24.3 Å². The average Bonchev–Trinajstić information content (AvgIpc) is 2.38. The highest BCUT2D eigenvalue weighted by Gasteiger charge is 2.21. The number of carbonyl (C=O) groups is 1. The van der Waals surface area contributed by atoms with Crippen molar-refractivity contribution in [3.05, 3.63) is 24.3 Å². The molecule has 0 radical (unpaired) electrons. The fourth-order valence-electron chi connectivity index (χ4n) is 1.66. The minimum atomic E-state index is -0.352. The van der Waals surface area contributed by atoms with Crippen LogP contribution in [0, 0.1) is 0 Å². The van der Waals surface area contributed by atoms with E-state index in [1.54, 1.807) is 20.2 Å². The van der Waals surface area contributed by atoms with E-state index in [0.29, 0.717) is 5.75 Å². The van der Waals surface area contributed by atoms with Gasteiger partial charge in [-0.05, 0) is 26.0 Å². The van der Waals surface area contributed by atoms with Crippen molar-refractivity contribution in [3.8, 4) is 5.75 Å². The first kappa shape index (κ1) is 17.7. The van der Waals surface area contributed by atoms with E-state index in [-0.39, 0.29) is 18.5 Å². The topological polar surface area (TPSA) is 29.5 Å². The first-order chi connectivity index (χ1) is 8.42. The summed E-state index contributed by atoms with van der Waals surface area (Å²) in [6.45, 7) is 6.31. The summed E-state index contributed by atoms with van der Waals surface area (Å²) in [4.78, 5) is 12.9. The van der Waals surface area contributed by atoms with Gasteiger partial charge in [-0.25, -0.2) is 4.79 Å². The second kappa shape index (κ2) is 7.36. The standard InChI is InChI=1S/C14H23N2O2.ClH/c1-6-16(5,7-2)12-9-8-10-13(11-12)18-14(17)15(3)4;/h8-11H,6-7H2,1-5H3;1H/q+1;/p-1. The van der Waals surface area contributed by atoms with Gasteiger partial charge in [0.1, 0.15) is 11.4 Å². The van der Waals surface area contributed by atoms with Gasteiger partial charge in [0.05, 0.1) is 20.1 Å². The van der Waals surface area contributed by atoms with Gasteiger partial charge in [0.15, 0.2) is 0 Å². The molecule has 0 aliphatic heterocycles. The Bertz CT molecular complexity index is 418. The van der Waals surface area contributed by atoms with E-state index in [2.05, 4.69) is 27.0 Å². The molecule has 19 heavy (non-hydrogen) atoms. The molecular weight excluding hydrogens is 264 g/mol. The van der Waals surface area contributed by atoms with Crippen LogP contribution in [-0.4, -0.2) is 45.2 Å². The normalized spacial score (nSPS) is 10.6. The summed E-state index contributed by atoms with van der Waals surface area (Å²) < 4.78 is 6.10. The Kier molecular flexibility index (Phi) is 6.87. The van der Waals surface area contributed by atoms with Gasteiger partial charge >= 0.3 is 6.09 Å². The van der Waals surface area contributed by atoms with E-state index in [1.165, 1.54) is 4.90 Å². The molecule has 0 fully saturated rings. The zero-order valence-corrected chi connectivity index (χ0v) is 13.1. The van der Waals surface area contributed by atoms with Gasteiger partial charge in [0.25, 0.3) is 0 Å². The molecule has 1 rings (SSSR count). The summed E-state index contributed by atoms with van der Waals surface area (Å²) in [5.74, 6) is 0.595. The number of hydrogen-bond donors (Lipinski definition) is 0. The minimum Gasteiger partial charge on any atom is -1.00 e. The van der Waals surface area contributed by atoms with Crippen LogP contribution in [0.25, 0.3) is 0 Å². The van der Waals surface area contributed by atoms with Crippen molar-refractivity contribution in [2.24, 2.45) is 0 Å². The van der Waals surface area contributed by atoms with Crippen LogP contribution < -0.4 is 21.6 Å². The van der Waals surface area contributed by atoms with Gasteiger partial charge in [-0.2, -0.15) is 0 Å². The molecule has 0 aliphatic rings. The number of amides is 1. The smallest absolute Gasteiger partial charge is 0.414 e. The summed E-state index contributed by atoms with van der Waals surface area (Å²) in [7, 11) is 5.52. The SMILES string of the molecule is CC[N+](C)(CC)c1cccc(OC(=O)N(C)C)c1.[Cl-]. The number of quaternary nitrogens is 1. The van der Waals surface area contributed by atoms with Gasteiger partial charge in [-0.1, -0.05) is 6.07 Å². The monoisotopic (exact) mass is 286 g/mol. The van der Waals surface area contributed by atoms with E-state index in [9.17, 15) is 4.79 Å². The third-order valence-corrected chi connectivity index (χ3v) is 3.41. The molecule has 5 heteroatoms. The second-order valence-corrected chi connectivity index (χ2v) is 4.79. The maximum absolute atomic E-state index is 11.5. The van der Waals surface area contributed by atoms with Crippen molar-refractivity contribution in [2.75, 3.05) is 34.2 Å². The molecule has 0 heterocycles. The van der Waals surface area contributed by atoms with Gasteiger partial charge in [0.2, 0.25) is 0 Å². The summed E-state index contributed by atoms with van der Waals surface area (Å²) in [6, 6.07) is 7.74. The highest BCUT2D eigenvalue weighted by atomic mass is 35.5. The fraction of sp³-hybridized carbons (Fsp3) is 0.500.